The summed E-state index contributed by atoms with van der Waals surface area (Å²) in [5.74, 6) is -0.294. The van der Waals surface area contributed by atoms with E-state index in [1.807, 2.05) is 36.4 Å². The lowest BCUT2D eigenvalue weighted by atomic mass is 10.2. The number of aliphatic carboxylic acids is 1. The van der Waals surface area contributed by atoms with Gasteiger partial charge in [0.25, 0.3) is 0 Å². The standard InChI is InChI=1S/C15H13NO3/c17-15(18)8-7-12-4-3-6-14(10-12)19-11-13-5-1-2-9-16-13/h1-10H,11H2,(H,17,18)/b8-7+. The number of nitrogens with zero attached hydrogens (tertiary/aromatic N) is 1. The third-order valence-corrected chi connectivity index (χ3v) is 2.39. The maximum Gasteiger partial charge on any atom is 0.328 e. The first-order chi connectivity index (χ1) is 9.24. The Morgan fingerprint density at radius 2 is 2.16 bits per heavy atom. The molecule has 1 heterocycles. The summed E-state index contributed by atoms with van der Waals surface area (Å²) < 4.78 is 5.60. The van der Waals surface area contributed by atoms with Crippen molar-refractivity contribution in [3.8, 4) is 5.75 Å². The minimum Gasteiger partial charge on any atom is -0.487 e. The molecule has 0 atom stereocenters. The predicted molar refractivity (Wildman–Crippen MR) is 71.7 cm³/mol. The van der Waals surface area contributed by atoms with E-state index in [0.717, 1.165) is 17.3 Å². The molecule has 0 aliphatic rings. The number of rotatable bonds is 5. The Balaban J connectivity index is 2.01. The van der Waals surface area contributed by atoms with Gasteiger partial charge < -0.3 is 9.84 Å². The van der Waals surface area contributed by atoms with Crippen LogP contribution in [0, 0.1) is 0 Å². The van der Waals surface area contributed by atoms with Crippen molar-refractivity contribution in [1.82, 2.24) is 4.98 Å². The van der Waals surface area contributed by atoms with Crippen LogP contribution in [0.2, 0.25) is 0 Å². The van der Waals surface area contributed by atoms with Gasteiger partial charge in [0.1, 0.15) is 12.4 Å². The minimum absolute atomic E-state index is 0.382. The molecule has 96 valence electrons. The van der Waals surface area contributed by atoms with E-state index in [9.17, 15) is 4.79 Å². The van der Waals surface area contributed by atoms with E-state index in [4.69, 9.17) is 9.84 Å². The molecule has 2 rings (SSSR count). The summed E-state index contributed by atoms with van der Waals surface area (Å²) in [4.78, 5) is 14.6. The Bertz CT molecular complexity index is 579. The molecular weight excluding hydrogens is 242 g/mol. The zero-order valence-corrected chi connectivity index (χ0v) is 10.2. The summed E-state index contributed by atoms with van der Waals surface area (Å²) in [6.07, 6.45) is 4.33. The second-order valence-corrected chi connectivity index (χ2v) is 3.85. The lowest BCUT2D eigenvalue weighted by Gasteiger charge is -2.06. The summed E-state index contributed by atoms with van der Waals surface area (Å²) >= 11 is 0. The smallest absolute Gasteiger partial charge is 0.328 e. The highest BCUT2D eigenvalue weighted by Gasteiger charge is 1.97. The van der Waals surface area contributed by atoms with Crippen molar-refractivity contribution >= 4 is 12.0 Å². The summed E-state index contributed by atoms with van der Waals surface area (Å²) in [6, 6.07) is 12.9. The number of aromatic nitrogens is 1. The van der Waals surface area contributed by atoms with Crippen LogP contribution >= 0.6 is 0 Å². The van der Waals surface area contributed by atoms with E-state index >= 15 is 0 Å². The van der Waals surface area contributed by atoms with Gasteiger partial charge in [-0.05, 0) is 35.9 Å². The molecule has 2 aromatic rings. The lowest BCUT2D eigenvalue weighted by Crippen LogP contribution is -1.97. The van der Waals surface area contributed by atoms with Crippen molar-refractivity contribution in [3.05, 3.63) is 66.0 Å². The average Bonchev–Trinajstić information content (AvgIpc) is 2.44. The van der Waals surface area contributed by atoms with Gasteiger partial charge in [-0.25, -0.2) is 4.79 Å². The van der Waals surface area contributed by atoms with Crippen molar-refractivity contribution in [2.45, 2.75) is 6.61 Å². The molecule has 1 N–H and O–H groups in total. The molecule has 1 aromatic carbocycles. The van der Waals surface area contributed by atoms with Gasteiger partial charge in [-0.3, -0.25) is 4.98 Å². The Morgan fingerprint density at radius 3 is 2.89 bits per heavy atom. The molecule has 0 amide bonds. The highest BCUT2D eigenvalue weighted by atomic mass is 16.5. The van der Waals surface area contributed by atoms with Gasteiger partial charge in [-0.15, -0.1) is 0 Å². The van der Waals surface area contributed by atoms with Gasteiger partial charge in [-0.2, -0.15) is 0 Å². The van der Waals surface area contributed by atoms with Crippen LogP contribution in [-0.2, 0) is 11.4 Å². The number of carboxylic acids is 1. The van der Waals surface area contributed by atoms with Crippen LogP contribution in [0.25, 0.3) is 6.08 Å². The van der Waals surface area contributed by atoms with Gasteiger partial charge in [-0.1, -0.05) is 18.2 Å². The van der Waals surface area contributed by atoms with Crippen molar-refractivity contribution in [2.24, 2.45) is 0 Å². The molecule has 19 heavy (non-hydrogen) atoms. The Labute approximate surface area is 111 Å². The number of benzene rings is 1. The minimum atomic E-state index is -0.972. The van der Waals surface area contributed by atoms with Crippen LogP contribution < -0.4 is 4.74 Å². The Morgan fingerprint density at radius 1 is 1.26 bits per heavy atom. The monoisotopic (exact) mass is 255 g/mol. The molecule has 4 heteroatoms. The van der Waals surface area contributed by atoms with Gasteiger partial charge in [0.2, 0.25) is 0 Å². The highest BCUT2D eigenvalue weighted by molar-refractivity contribution is 5.85. The third kappa shape index (κ3) is 4.27. The van der Waals surface area contributed by atoms with Gasteiger partial charge in [0, 0.05) is 12.3 Å². The topological polar surface area (TPSA) is 59.4 Å². The third-order valence-electron chi connectivity index (χ3n) is 2.39. The Hall–Kier alpha value is -2.62. The molecule has 0 fully saturated rings. The molecule has 0 aliphatic heterocycles. The number of carboxylic acid groups (broad SMARTS) is 1. The molecule has 0 spiro atoms. The van der Waals surface area contributed by atoms with Crippen LogP contribution in [0.15, 0.2) is 54.7 Å². The summed E-state index contributed by atoms with van der Waals surface area (Å²) in [7, 11) is 0. The zero-order valence-electron chi connectivity index (χ0n) is 10.2. The van der Waals surface area contributed by atoms with Crippen molar-refractivity contribution < 1.29 is 14.6 Å². The Kier molecular flexibility index (Phi) is 4.29. The van der Waals surface area contributed by atoms with Gasteiger partial charge in [0.15, 0.2) is 0 Å². The average molecular weight is 255 g/mol. The van der Waals surface area contributed by atoms with E-state index in [0.29, 0.717) is 12.4 Å². The highest BCUT2D eigenvalue weighted by Crippen LogP contribution is 2.15. The van der Waals surface area contributed by atoms with Crippen molar-refractivity contribution in [1.29, 1.82) is 0 Å². The summed E-state index contributed by atoms with van der Waals surface area (Å²) in [5.41, 5.74) is 1.62. The van der Waals surface area contributed by atoms with Crippen molar-refractivity contribution in [2.75, 3.05) is 0 Å². The number of hydrogen-bond donors (Lipinski definition) is 1. The maximum atomic E-state index is 10.4. The summed E-state index contributed by atoms with van der Waals surface area (Å²) in [6.45, 7) is 0.382. The van der Waals surface area contributed by atoms with E-state index in [-0.39, 0.29) is 0 Å². The van der Waals surface area contributed by atoms with Crippen molar-refractivity contribution in [3.63, 3.8) is 0 Å². The fourth-order valence-electron chi connectivity index (χ4n) is 1.52. The fourth-order valence-corrected chi connectivity index (χ4v) is 1.52. The van der Waals surface area contributed by atoms with Crippen LogP contribution in [0.1, 0.15) is 11.3 Å². The number of pyridine rings is 1. The van der Waals surface area contributed by atoms with Gasteiger partial charge in [0.05, 0.1) is 5.69 Å². The predicted octanol–water partition coefficient (Wildman–Crippen LogP) is 2.76. The molecule has 0 saturated heterocycles. The molecule has 1 aromatic heterocycles. The lowest BCUT2D eigenvalue weighted by molar-refractivity contribution is -0.131. The number of hydrogen-bond acceptors (Lipinski definition) is 3. The number of carbonyl (C=O) groups is 1. The molecule has 0 aliphatic carbocycles. The SMILES string of the molecule is O=C(O)/C=C/c1cccc(OCc2ccccn2)c1. The first-order valence-electron chi connectivity index (χ1n) is 5.78. The molecule has 0 radical (unpaired) electrons. The van der Waals surface area contributed by atoms with E-state index < -0.39 is 5.97 Å². The quantitative estimate of drug-likeness (QED) is 0.834. The molecule has 4 nitrogen and oxygen atoms in total. The molecule has 0 unspecified atom stereocenters. The molecular formula is C15H13NO3. The van der Waals surface area contributed by atoms with Crippen LogP contribution in [0.4, 0.5) is 0 Å². The van der Waals surface area contributed by atoms with E-state index in [1.54, 1.807) is 12.3 Å². The second-order valence-electron chi connectivity index (χ2n) is 3.85. The van der Waals surface area contributed by atoms with Crippen LogP contribution in [0.5, 0.6) is 5.75 Å². The van der Waals surface area contributed by atoms with Gasteiger partial charge >= 0.3 is 5.97 Å². The normalized spacial score (nSPS) is 10.5. The molecule has 0 bridgehead atoms. The zero-order chi connectivity index (χ0) is 13.5. The first kappa shape index (κ1) is 12.8. The van der Waals surface area contributed by atoms with E-state index in [2.05, 4.69) is 4.98 Å². The summed E-state index contributed by atoms with van der Waals surface area (Å²) in [5, 5.41) is 8.57. The fraction of sp³-hybridized carbons (Fsp3) is 0.0667. The second kappa shape index (κ2) is 6.35. The maximum absolute atomic E-state index is 10.4. The molecule has 0 saturated carbocycles. The largest absolute Gasteiger partial charge is 0.487 e. The van der Waals surface area contributed by atoms with E-state index in [1.165, 1.54) is 6.08 Å². The van der Waals surface area contributed by atoms with Crippen LogP contribution in [0.3, 0.4) is 0 Å². The van der Waals surface area contributed by atoms with Crippen LogP contribution in [-0.4, -0.2) is 16.1 Å². The first-order valence-corrected chi connectivity index (χ1v) is 5.78. The number of ether oxygens (including phenoxy) is 1.